The van der Waals surface area contributed by atoms with E-state index in [0.29, 0.717) is 10.8 Å². The summed E-state index contributed by atoms with van der Waals surface area (Å²) < 4.78 is 0. The number of hydrogen-bond acceptors (Lipinski definition) is 3. The van der Waals surface area contributed by atoms with Crippen molar-refractivity contribution in [2.75, 3.05) is 11.9 Å². The van der Waals surface area contributed by atoms with Crippen molar-refractivity contribution in [2.45, 2.75) is 25.8 Å². The van der Waals surface area contributed by atoms with E-state index in [1.165, 1.54) is 0 Å². The molecule has 1 aromatic heterocycles. The van der Waals surface area contributed by atoms with Crippen molar-refractivity contribution < 1.29 is 4.79 Å². The lowest BCUT2D eigenvalue weighted by Gasteiger charge is -2.13. The van der Waals surface area contributed by atoms with Gasteiger partial charge in [0.2, 0.25) is 5.91 Å². The van der Waals surface area contributed by atoms with Gasteiger partial charge >= 0.3 is 0 Å². The van der Waals surface area contributed by atoms with Gasteiger partial charge < -0.3 is 10.6 Å². The number of nitrogens with zero attached hydrogens (tertiary/aromatic N) is 1. The molecule has 2 rings (SSSR count). The lowest BCUT2D eigenvalue weighted by molar-refractivity contribution is -0.117. The first-order valence-corrected chi connectivity index (χ1v) is 5.71. The first kappa shape index (κ1) is 11.4. The minimum Gasteiger partial charge on any atom is -0.322 e. The van der Waals surface area contributed by atoms with Crippen molar-refractivity contribution in [1.82, 2.24) is 10.3 Å². The number of amides is 1. The number of aromatic nitrogens is 1. The molecule has 1 fully saturated rings. The van der Waals surface area contributed by atoms with Crippen LogP contribution in [0.4, 0.5) is 5.69 Å². The van der Waals surface area contributed by atoms with Gasteiger partial charge in [-0.25, -0.2) is 4.98 Å². The molecule has 0 unspecified atom stereocenters. The largest absolute Gasteiger partial charge is 0.322 e. The summed E-state index contributed by atoms with van der Waals surface area (Å²) >= 11 is 5.93. The Morgan fingerprint density at radius 2 is 2.50 bits per heavy atom. The molecular weight excluding hydrogens is 226 g/mol. The molecule has 0 aliphatic carbocycles. The molecule has 1 aliphatic heterocycles. The molecule has 16 heavy (non-hydrogen) atoms. The number of carbonyl (C=O) groups is 1. The molecule has 5 heteroatoms. The smallest absolute Gasteiger partial charge is 0.241 e. The second-order valence-corrected chi connectivity index (χ2v) is 4.29. The maximum absolute atomic E-state index is 11.9. The summed E-state index contributed by atoms with van der Waals surface area (Å²) in [6.07, 6.45) is 3.54. The summed E-state index contributed by atoms with van der Waals surface area (Å²) in [6.45, 7) is 2.79. The van der Waals surface area contributed by atoms with Gasteiger partial charge in [-0.15, -0.1) is 0 Å². The number of rotatable bonds is 2. The van der Waals surface area contributed by atoms with Gasteiger partial charge in [-0.1, -0.05) is 11.6 Å². The minimum atomic E-state index is -0.101. The Balaban J connectivity index is 2.11. The van der Waals surface area contributed by atoms with Gasteiger partial charge in [0.1, 0.15) is 0 Å². The van der Waals surface area contributed by atoms with Crippen LogP contribution < -0.4 is 10.6 Å². The number of pyridine rings is 1. The second-order valence-electron chi connectivity index (χ2n) is 3.93. The topological polar surface area (TPSA) is 54.0 Å². The van der Waals surface area contributed by atoms with Crippen LogP contribution in [0.15, 0.2) is 12.3 Å². The van der Waals surface area contributed by atoms with E-state index in [2.05, 4.69) is 15.6 Å². The fourth-order valence-corrected chi connectivity index (χ4v) is 2.05. The quantitative estimate of drug-likeness (QED) is 0.773. The molecule has 1 amide bonds. The second kappa shape index (κ2) is 4.80. The first-order chi connectivity index (χ1) is 7.68. The van der Waals surface area contributed by atoms with Crippen LogP contribution in [-0.2, 0) is 4.79 Å². The molecule has 2 heterocycles. The minimum absolute atomic E-state index is 0.0319. The zero-order valence-corrected chi connectivity index (χ0v) is 9.84. The van der Waals surface area contributed by atoms with E-state index in [-0.39, 0.29) is 11.9 Å². The summed E-state index contributed by atoms with van der Waals surface area (Å²) in [5, 5.41) is 6.30. The summed E-state index contributed by atoms with van der Waals surface area (Å²) in [5.74, 6) is -0.0319. The third-order valence-corrected chi connectivity index (χ3v) is 3.02. The van der Waals surface area contributed by atoms with Crippen LogP contribution >= 0.6 is 11.6 Å². The van der Waals surface area contributed by atoms with Gasteiger partial charge in [-0.2, -0.15) is 0 Å². The van der Waals surface area contributed by atoms with E-state index in [0.717, 1.165) is 24.9 Å². The van der Waals surface area contributed by atoms with Gasteiger partial charge in [0, 0.05) is 6.20 Å². The monoisotopic (exact) mass is 239 g/mol. The van der Waals surface area contributed by atoms with E-state index < -0.39 is 0 Å². The molecule has 1 saturated heterocycles. The van der Waals surface area contributed by atoms with E-state index in [9.17, 15) is 4.79 Å². The normalized spacial score (nSPS) is 19.8. The van der Waals surface area contributed by atoms with Crippen molar-refractivity contribution in [2.24, 2.45) is 0 Å². The van der Waals surface area contributed by atoms with Crippen molar-refractivity contribution in [1.29, 1.82) is 0 Å². The Hall–Kier alpha value is -1.13. The molecule has 2 N–H and O–H groups in total. The summed E-state index contributed by atoms with van der Waals surface area (Å²) in [6, 6.07) is 1.72. The third-order valence-electron chi connectivity index (χ3n) is 2.74. The summed E-state index contributed by atoms with van der Waals surface area (Å²) in [5.41, 5.74) is 1.54. The Morgan fingerprint density at radius 1 is 1.69 bits per heavy atom. The standard InChI is InChI=1S/C11H14ClN3O/c1-7-4-6-14-10(12)9(7)15-11(16)8-3-2-5-13-8/h4,6,8,13H,2-3,5H2,1H3,(H,15,16)/t8-/m1/s1. The van der Waals surface area contributed by atoms with E-state index >= 15 is 0 Å². The zero-order chi connectivity index (χ0) is 11.5. The average Bonchev–Trinajstić information content (AvgIpc) is 2.76. The fourth-order valence-electron chi connectivity index (χ4n) is 1.79. The van der Waals surface area contributed by atoms with Crippen LogP contribution in [0.1, 0.15) is 18.4 Å². The Morgan fingerprint density at radius 3 is 3.12 bits per heavy atom. The van der Waals surface area contributed by atoms with Crippen LogP contribution in [0.25, 0.3) is 0 Å². The molecule has 0 saturated carbocycles. The van der Waals surface area contributed by atoms with Crippen molar-refractivity contribution in [3.05, 3.63) is 23.0 Å². The SMILES string of the molecule is Cc1ccnc(Cl)c1NC(=O)[C@H]1CCCN1. The van der Waals surface area contributed by atoms with Gasteiger partial charge in [0.15, 0.2) is 5.15 Å². The molecule has 1 atom stereocenters. The van der Waals surface area contributed by atoms with E-state index in [1.807, 2.05) is 13.0 Å². The lowest BCUT2D eigenvalue weighted by Crippen LogP contribution is -2.35. The maximum Gasteiger partial charge on any atom is 0.241 e. The van der Waals surface area contributed by atoms with E-state index in [4.69, 9.17) is 11.6 Å². The first-order valence-electron chi connectivity index (χ1n) is 5.34. The lowest BCUT2D eigenvalue weighted by atomic mass is 10.2. The van der Waals surface area contributed by atoms with E-state index in [1.54, 1.807) is 6.20 Å². The molecule has 0 bridgehead atoms. The predicted octanol–water partition coefficient (Wildman–Crippen LogP) is 1.73. The molecule has 0 spiro atoms. The van der Waals surface area contributed by atoms with Gasteiger partial charge in [0.05, 0.1) is 11.7 Å². The number of carbonyl (C=O) groups excluding carboxylic acids is 1. The fraction of sp³-hybridized carbons (Fsp3) is 0.455. The summed E-state index contributed by atoms with van der Waals surface area (Å²) in [4.78, 5) is 15.8. The average molecular weight is 240 g/mol. The maximum atomic E-state index is 11.9. The molecule has 4 nitrogen and oxygen atoms in total. The van der Waals surface area contributed by atoms with Crippen LogP contribution in [0, 0.1) is 6.92 Å². The molecule has 86 valence electrons. The Labute approximate surface area is 99.4 Å². The van der Waals surface area contributed by atoms with Crippen LogP contribution in [0.5, 0.6) is 0 Å². The molecule has 0 aromatic carbocycles. The van der Waals surface area contributed by atoms with Crippen LogP contribution in [-0.4, -0.2) is 23.5 Å². The van der Waals surface area contributed by atoms with Crippen LogP contribution in [0.2, 0.25) is 5.15 Å². The molecule has 1 aliphatic rings. The van der Waals surface area contributed by atoms with Gasteiger partial charge in [-0.3, -0.25) is 4.79 Å². The highest BCUT2D eigenvalue weighted by molar-refractivity contribution is 6.32. The van der Waals surface area contributed by atoms with Crippen molar-refractivity contribution in [3.8, 4) is 0 Å². The van der Waals surface area contributed by atoms with Crippen LogP contribution in [0.3, 0.4) is 0 Å². The highest BCUT2D eigenvalue weighted by Crippen LogP contribution is 2.23. The Kier molecular flexibility index (Phi) is 3.41. The predicted molar refractivity (Wildman–Crippen MR) is 63.6 cm³/mol. The zero-order valence-electron chi connectivity index (χ0n) is 9.09. The van der Waals surface area contributed by atoms with Gasteiger partial charge in [-0.05, 0) is 37.9 Å². The van der Waals surface area contributed by atoms with Crippen molar-refractivity contribution >= 4 is 23.2 Å². The third kappa shape index (κ3) is 2.33. The van der Waals surface area contributed by atoms with Gasteiger partial charge in [0.25, 0.3) is 0 Å². The number of hydrogen-bond donors (Lipinski definition) is 2. The molecule has 1 aromatic rings. The molecule has 0 radical (unpaired) electrons. The van der Waals surface area contributed by atoms with Crippen molar-refractivity contribution in [3.63, 3.8) is 0 Å². The number of anilines is 1. The Bertz CT molecular complexity index is 382. The molecular formula is C11H14ClN3O. The number of aryl methyl sites for hydroxylation is 1. The summed E-state index contributed by atoms with van der Waals surface area (Å²) in [7, 11) is 0. The highest BCUT2D eigenvalue weighted by atomic mass is 35.5. The number of nitrogens with one attached hydrogen (secondary N) is 2. The highest BCUT2D eigenvalue weighted by Gasteiger charge is 2.23. The number of halogens is 1.